The summed E-state index contributed by atoms with van der Waals surface area (Å²) in [6.45, 7) is 3.94. The number of nitrogens with one attached hydrogen (secondary N) is 1. The second-order valence-corrected chi connectivity index (χ2v) is 5.80. The maximum absolute atomic E-state index is 12.3. The number of amides is 1. The molecule has 0 spiro atoms. The zero-order valence-corrected chi connectivity index (χ0v) is 10.9. The minimum absolute atomic E-state index is 0.0886. The number of nitrogens with zero attached hydrogens (tertiary/aromatic N) is 1. The first-order valence-electron chi connectivity index (χ1n) is 6.44. The van der Waals surface area contributed by atoms with Crippen LogP contribution in [0.1, 0.15) is 32.6 Å². The number of rotatable bonds is 3. The van der Waals surface area contributed by atoms with Crippen molar-refractivity contribution < 1.29 is 4.79 Å². The lowest BCUT2D eigenvalue weighted by Gasteiger charge is -2.39. The summed E-state index contributed by atoms with van der Waals surface area (Å²) in [5.74, 6) is 2.76. The molecule has 92 valence electrons. The first-order chi connectivity index (χ1) is 7.83. The van der Waals surface area contributed by atoms with E-state index in [1.807, 2.05) is 11.8 Å². The minimum Gasteiger partial charge on any atom is -0.338 e. The van der Waals surface area contributed by atoms with E-state index in [-0.39, 0.29) is 6.04 Å². The summed E-state index contributed by atoms with van der Waals surface area (Å²) in [4.78, 5) is 14.4. The van der Waals surface area contributed by atoms with Crippen molar-refractivity contribution >= 4 is 17.7 Å². The van der Waals surface area contributed by atoms with E-state index in [2.05, 4.69) is 17.1 Å². The molecule has 2 saturated heterocycles. The Labute approximate surface area is 102 Å². The highest BCUT2D eigenvalue weighted by Crippen LogP contribution is 2.25. The van der Waals surface area contributed by atoms with Crippen molar-refractivity contribution in [3.63, 3.8) is 0 Å². The van der Waals surface area contributed by atoms with Crippen LogP contribution in [0.5, 0.6) is 0 Å². The van der Waals surface area contributed by atoms with Crippen LogP contribution in [0.4, 0.5) is 0 Å². The average Bonchev–Trinajstić information content (AvgIpc) is 2.33. The Morgan fingerprint density at radius 2 is 2.31 bits per heavy atom. The highest BCUT2D eigenvalue weighted by Gasteiger charge is 2.33. The molecule has 2 atom stereocenters. The van der Waals surface area contributed by atoms with Gasteiger partial charge in [-0.25, -0.2) is 0 Å². The summed E-state index contributed by atoms with van der Waals surface area (Å²) in [5, 5.41) is 3.31. The molecule has 0 saturated carbocycles. The van der Waals surface area contributed by atoms with E-state index in [9.17, 15) is 4.79 Å². The molecule has 3 nitrogen and oxygen atoms in total. The molecule has 2 unspecified atom stereocenters. The van der Waals surface area contributed by atoms with Crippen LogP contribution in [0.2, 0.25) is 0 Å². The SMILES string of the molecule is CCNC1CCCN(C2CCCSC2)C1=O. The van der Waals surface area contributed by atoms with Gasteiger partial charge in [0.2, 0.25) is 5.91 Å². The lowest BCUT2D eigenvalue weighted by molar-refractivity contribution is -0.138. The highest BCUT2D eigenvalue weighted by molar-refractivity contribution is 7.99. The monoisotopic (exact) mass is 242 g/mol. The third-order valence-corrected chi connectivity index (χ3v) is 4.70. The van der Waals surface area contributed by atoms with Crippen molar-refractivity contribution in [1.82, 2.24) is 10.2 Å². The molecule has 2 rings (SSSR count). The molecule has 2 fully saturated rings. The molecule has 1 N–H and O–H groups in total. The highest BCUT2D eigenvalue weighted by atomic mass is 32.2. The molecular formula is C12H22N2OS. The molecule has 0 aromatic carbocycles. The lowest BCUT2D eigenvalue weighted by Crippen LogP contribution is -2.55. The van der Waals surface area contributed by atoms with Gasteiger partial charge in [0.05, 0.1) is 6.04 Å². The fourth-order valence-corrected chi connectivity index (χ4v) is 3.82. The third kappa shape index (κ3) is 2.72. The predicted octanol–water partition coefficient (Wildman–Crippen LogP) is 1.48. The van der Waals surface area contributed by atoms with E-state index in [0.29, 0.717) is 11.9 Å². The second-order valence-electron chi connectivity index (χ2n) is 4.66. The fraction of sp³-hybridized carbons (Fsp3) is 0.917. The van der Waals surface area contributed by atoms with Crippen LogP contribution in [0.3, 0.4) is 0 Å². The van der Waals surface area contributed by atoms with E-state index in [0.717, 1.165) is 31.7 Å². The number of likely N-dealkylation sites (N-methyl/N-ethyl adjacent to an activating group) is 1. The van der Waals surface area contributed by atoms with Crippen molar-refractivity contribution in [3.8, 4) is 0 Å². The van der Waals surface area contributed by atoms with E-state index in [4.69, 9.17) is 0 Å². The molecule has 2 aliphatic rings. The normalized spacial score (nSPS) is 31.8. The van der Waals surface area contributed by atoms with Crippen LogP contribution in [-0.4, -0.2) is 47.5 Å². The summed E-state index contributed by atoms with van der Waals surface area (Å²) in [6, 6.07) is 0.596. The van der Waals surface area contributed by atoms with E-state index >= 15 is 0 Å². The van der Waals surface area contributed by atoms with Crippen LogP contribution in [0.15, 0.2) is 0 Å². The Bertz CT molecular complexity index is 239. The van der Waals surface area contributed by atoms with Gasteiger partial charge in [0.15, 0.2) is 0 Å². The molecule has 0 aromatic heterocycles. The third-order valence-electron chi connectivity index (χ3n) is 3.50. The van der Waals surface area contributed by atoms with Gasteiger partial charge >= 0.3 is 0 Å². The summed E-state index contributed by atoms with van der Waals surface area (Å²) >= 11 is 2.00. The smallest absolute Gasteiger partial charge is 0.239 e. The second kappa shape index (κ2) is 5.92. The molecule has 1 amide bonds. The summed E-state index contributed by atoms with van der Waals surface area (Å²) in [5.41, 5.74) is 0. The molecule has 0 aliphatic carbocycles. The average molecular weight is 242 g/mol. The molecule has 4 heteroatoms. The van der Waals surface area contributed by atoms with Gasteiger partial charge in [0.25, 0.3) is 0 Å². The van der Waals surface area contributed by atoms with Crippen LogP contribution in [0, 0.1) is 0 Å². The van der Waals surface area contributed by atoms with Crippen LogP contribution in [-0.2, 0) is 4.79 Å². The summed E-state index contributed by atoms with van der Waals surface area (Å²) in [7, 11) is 0. The van der Waals surface area contributed by atoms with Crippen molar-refractivity contribution in [3.05, 3.63) is 0 Å². The van der Waals surface area contributed by atoms with Gasteiger partial charge in [-0.05, 0) is 38.0 Å². The van der Waals surface area contributed by atoms with E-state index < -0.39 is 0 Å². The molecule has 0 radical (unpaired) electrons. The van der Waals surface area contributed by atoms with Gasteiger partial charge in [-0.3, -0.25) is 4.79 Å². The molecular weight excluding hydrogens is 220 g/mol. The summed E-state index contributed by atoms with van der Waals surface area (Å²) < 4.78 is 0. The summed E-state index contributed by atoms with van der Waals surface area (Å²) in [6.07, 6.45) is 4.65. The van der Waals surface area contributed by atoms with Gasteiger partial charge in [-0.15, -0.1) is 0 Å². The van der Waals surface area contributed by atoms with Crippen molar-refractivity contribution in [2.75, 3.05) is 24.6 Å². The maximum Gasteiger partial charge on any atom is 0.239 e. The van der Waals surface area contributed by atoms with Gasteiger partial charge in [0, 0.05) is 18.3 Å². The molecule has 2 heterocycles. The number of carbonyl (C=O) groups excluding carboxylic acids is 1. The topological polar surface area (TPSA) is 32.3 Å². The van der Waals surface area contributed by atoms with E-state index in [1.54, 1.807) is 0 Å². The quantitative estimate of drug-likeness (QED) is 0.813. The van der Waals surface area contributed by atoms with Crippen molar-refractivity contribution in [1.29, 1.82) is 0 Å². The Balaban J connectivity index is 1.94. The van der Waals surface area contributed by atoms with Gasteiger partial charge in [-0.1, -0.05) is 6.92 Å². The maximum atomic E-state index is 12.3. The number of hydrogen-bond acceptors (Lipinski definition) is 3. The number of piperidine rings is 1. The van der Waals surface area contributed by atoms with Gasteiger partial charge in [-0.2, -0.15) is 11.8 Å². The minimum atomic E-state index is 0.0886. The van der Waals surface area contributed by atoms with Crippen molar-refractivity contribution in [2.45, 2.75) is 44.7 Å². The lowest BCUT2D eigenvalue weighted by atomic mass is 10.0. The Hall–Kier alpha value is -0.220. The van der Waals surface area contributed by atoms with Gasteiger partial charge in [0.1, 0.15) is 0 Å². The number of carbonyl (C=O) groups is 1. The van der Waals surface area contributed by atoms with Crippen molar-refractivity contribution in [2.24, 2.45) is 0 Å². The number of likely N-dealkylation sites (tertiary alicyclic amines) is 1. The largest absolute Gasteiger partial charge is 0.338 e. The molecule has 0 bridgehead atoms. The van der Waals surface area contributed by atoms with Crippen LogP contribution >= 0.6 is 11.8 Å². The fourth-order valence-electron chi connectivity index (χ4n) is 2.67. The predicted molar refractivity (Wildman–Crippen MR) is 68.8 cm³/mol. The van der Waals surface area contributed by atoms with E-state index in [1.165, 1.54) is 18.6 Å². The molecule has 2 aliphatic heterocycles. The zero-order chi connectivity index (χ0) is 11.4. The standard InChI is InChI=1S/C12H22N2OS/c1-2-13-11-6-3-7-14(12(11)15)10-5-4-8-16-9-10/h10-11,13H,2-9H2,1H3. The Morgan fingerprint density at radius 1 is 1.44 bits per heavy atom. The first-order valence-corrected chi connectivity index (χ1v) is 7.60. The zero-order valence-electron chi connectivity index (χ0n) is 10.1. The van der Waals surface area contributed by atoms with Gasteiger partial charge < -0.3 is 10.2 Å². The number of hydrogen-bond donors (Lipinski definition) is 1. The Morgan fingerprint density at radius 3 is 3.00 bits per heavy atom. The van der Waals surface area contributed by atoms with Crippen LogP contribution in [0.25, 0.3) is 0 Å². The number of thioether (sulfide) groups is 1. The molecule has 0 aromatic rings. The van der Waals surface area contributed by atoms with Crippen LogP contribution < -0.4 is 5.32 Å². The Kier molecular flexibility index (Phi) is 4.53. The molecule has 16 heavy (non-hydrogen) atoms. The first kappa shape index (κ1) is 12.2.